The summed E-state index contributed by atoms with van der Waals surface area (Å²) in [5, 5.41) is 3.40. The summed E-state index contributed by atoms with van der Waals surface area (Å²) in [5.41, 5.74) is 4.65. The van der Waals surface area contributed by atoms with Crippen LogP contribution in [0.25, 0.3) is 5.70 Å². The number of allylic oxidation sites excluding steroid dienone is 3. The first-order valence-electron chi connectivity index (χ1n) is 11.4. The van der Waals surface area contributed by atoms with Gasteiger partial charge in [0.1, 0.15) is 0 Å². The zero-order chi connectivity index (χ0) is 23.8. The second kappa shape index (κ2) is 11.2. The molecule has 0 unspecified atom stereocenters. The summed E-state index contributed by atoms with van der Waals surface area (Å²) in [6.07, 6.45) is 11.3. The molecule has 3 rings (SSSR count). The van der Waals surface area contributed by atoms with Gasteiger partial charge in [0.25, 0.3) is 5.91 Å². The Morgan fingerprint density at radius 3 is 2.42 bits per heavy atom. The van der Waals surface area contributed by atoms with Gasteiger partial charge in [-0.3, -0.25) is 9.59 Å². The van der Waals surface area contributed by atoms with E-state index in [1.807, 2.05) is 71.5 Å². The molecule has 0 radical (unpaired) electrons. The number of aromatic amines is 1. The van der Waals surface area contributed by atoms with Crippen molar-refractivity contribution in [2.24, 2.45) is 0 Å². The van der Waals surface area contributed by atoms with Crippen LogP contribution in [0.15, 0.2) is 89.8 Å². The molecule has 1 aliphatic heterocycles. The molecule has 0 spiro atoms. The maximum Gasteiger partial charge on any atom is 0.253 e. The van der Waals surface area contributed by atoms with E-state index in [0.717, 1.165) is 54.3 Å². The van der Waals surface area contributed by atoms with Gasteiger partial charge in [-0.15, -0.1) is 0 Å². The van der Waals surface area contributed by atoms with Crippen molar-refractivity contribution in [3.8, 4) is 0 Å². The van der Waals surface area contributed by atoms with Gasteiger partial charge in [-0.05, 0) is 62.2 Å². The predicted octanol–water partition coefficient (Wildman–Crippen LogP) is 5.34. The average Bonchev–Trinajstić information content (AvgIpc) is 2.82. The Bertz CT molecular complexity index is 1130. The quantitative estimate of drug-likeness (QED) is 0.548. The molecule has 0 fully saturated rings. The number of aromatic nitrogens is 1. The molecule has 6 heteroatoms. The summed E-state index contributed by atoms with van der Waals surface area (Å²) in [5.74, 6) is 0.0659. The topological polar surface area (TPSA) is 68.4 Å². The lowest BCUT2D eigenvalue weighted by Gasteiger charge is -2.30. The summed E-state index contributed by atoms with van der Waals surface area (Å²) >= 11 is 0. The maximum atomic E-state index is 12.8. The van der Waals surface area contributed by atoms with Gasteiger partial charge in [0, 0.05) is 48.4 Å². The van der Waals surface area contributed by atoms with Crippen molar-refractivity contribution in [3.05, 3.63) is 106 Å². The lowest BCUT2D eigenvalue weighted by atomic mass is 10.1. The number of H-pyrrole nitrogens is 1. The van der Waals surface area contributed by atoms with E-state index in [1.54, 1.807) is 12.3 Å². The van der Waals surface area contributed by atoms with E-state index in [9.17, 15) is 9.59 Å². The standard InChI is InChI=1S/C27H32N4O2/c1-5-16-30(17-6-2)27(33)21-8-10-23(11-9-21)29-24-12-13-25(31(18-7-3)20(24)4)22-14-15-28-26(32)19-22/h7-15,18-19,29H,4-6,16-17H2,1-3H3,(H,28,32)/b18-7-. The van der Waals surface area contributed by atoms with E-state index in [2.05, 4.69) is 30.7 Å². The van der Waals surface area contributed by atoms with Gasteiger partial charge in [-0.25, -0.2) is 0 Å². The van der Waals surface area contributed by atoms with Crippen molar-refractivity contribution >= 4 is 17.3 Å². The number of pyridine rings is 1. The Morgan fingerprint density at radius 2 is 1.82 bits per heavy atom. The summed E-state index contributed by atoms with van der Waals surface area (Å²) in [7, 11) is 0. The number of rotatable bonds is 9. The molecule has 0 saturated heterocycles. The molecule has 33 heavy (non-hydrogen) atoms. The number of benzene rings is 1. The molecule has 1 amide bonds. The molecule has 0 saturated carbocycles. The van der Waals surface area contributed by atoms with Crippen LogP contribution >= 0.6 is 0 Å². The molecule has 6 nitrogen and oxygen atoms in total. The highest BCUT2D eigenvalue weighted by Gasteiger charge is 2.20. The van der Waals surface area contributed by atoms with E-state index >= 15 is 0 Å². The zero-order valence-corrected chi connectivity index (χ0v) is 19.6. The van der Waals surface area contributed by atoms with Gasteiger partial charge in [0.15, 0.2) is 0 Å². The number of nitrogens with zero attached hydrogens (tertiary/aromatic N) is 2. The first-order valence-corrected chi connectivity index (χ1v) is 11.4. The van der Waals surface area contributed by atoms with Crippen LogP contribution in [0.2, 0.25) is 0 Å². The van der Waals surface area contributed by atoms with E-state index in [1.165, 1.54) is 0 Å². The van der Waals surface area contributed by atoms with Crippen LogP contribution in [0.1, 0.15) is 49.5 Å². The molecule has 0 aliphatic carbocycles. The number of carbonyl (C=O) groups excluding carboxylic acids is 1. The van der Waals surface area contributed by atoms with Gasteiger partial charge in [-0.1, -0.05) is 26.5 Å². The number of nitrogens with one attached hydrogen (secondary N) is 2. The van der Waals surface area contributed by atoms with Crippen molar-refractivity contribution in [3.63, 3.8) is 0 Å². The molecule has 1 aromatic carbocycles. The van der Waals surface area contributed by atoms with Crippen LogP contribution in [0.5, 0.6) is 0 Å². The molecule has 2 heterocycles. The number of amides is 1. The lowest BCUT2D eigenvalue weighted by molar-refractivity contribution is 0.0755. The Kier molecular flexibility index (Phi) is 8.08. The average molecular weight is 445 g/mol. The normalized spacial score (nSPS) is 13.7. The van der Waals surface area contributed by atoms with Gasteiger partial charge in [0.2, 0.25) is 5.56 Å². The second-order valence-electron chi connectivity index (χ2n) is 7.87. The number of hydrogen-bond acceptors (Lipinski definition) is 4. The second-order valence-corrected chi connectivity index (χ2v) is 7.87. The largest absolute Gasteiger partial charge is 0.354 e. The van der Waals surface area contributed by atoms with E-state index in [4.69, 9.17) is 0 Å². The Hall–Kier alpha value is -3.80. The van der Waals surface area contributed by atoms with Gasteiger partial charge in [0.05, 0.1) is 17.1 Å². The zero-order valence-electron chi connectivity index (χ0n) is 19.6. The predicted molar refractivity (Wildman–Crippen MR) is 135 cm³/mol. The minimum absolute atomic E-state index is 0.0659. The van der Waals surface area contributed by atoms with Crippen molar-refractivity contribution in [1.29, 1.82) is 0 Å². The molecular formula is C27H32N4O2. The Labute approximate surface area is 195 Å². The van der Waals surface area contributed by atoms with Crippen molar-refractivity contribution < 1.29 is 4.79 Å². The molecule has 1 aromatic heterocycles. The van der Waals surface area contributed by atoms with Crippen molar-refractivity contribution in [2.75, 3.05) is 18.4 Å². The van der Waals surface area contributed by atoms with Gasteiger partial charge >= 0.3 is 0 Å². The third-order valence-electron chi connectivity index (χ3n) is 5.32. The Balaban J connectivity index is 1.82. The SMILES string of the molecule is C=C1C(Nc2ccc(C(=O)N(CCC)CCC)cc2)=CC=C(c2cc[nH]c(=O)c2)N1/C=C\C. The third kappa shape index (κ3) is 5.71. The Morgan fingerprint density at radius 1 is 1.12 bits per heavy atom. The van der Waals surface area contributed by atoms with Gasteiger partial charge < -0.3 is 20.1 Å². The van der Waals surface area contributed by atoms with Crippen LogP contribution in [0, 0.1) is 0 Å². The van der Waals surface area contributed by atoms with Gasteiger partial charge in [-0.2, -0.15) is 0 Å². The minimum Gasteiger partial charge on any atom is -0.354 e. The highest BCUT2D eigenvalue weighted by molar-refractivity contribution is 5.94. The fourth-order valence-corrected chi connectivity index (χ4v) is 3.78. The molecule has 0 atom stereocenters. The smallest absolute Gasteiger partial charge is 0.253 e. The first kappa shape index (κ1) is 23.9. The van der Waals surface area contributed by atoms with Crippen LogP contribution in [0.3, 0.4) is 0 Å². The summed E-state index contributed by atoms with van der Waals surface area (Å²) in [6.45, 7) is 11.9. The third-order valence-corrected chi connectivity index (χ3v) is 5.32. The summed E-state index contributed by atoms with van der Waals surface area (Å²) in [6, 6.07) is 11.0. The molecule has 2 N–H and O–H groups in total. The molecule has 2 aromatic rings. The molecular weight excluding hydrogens is 412 g/mol. The van der Waals surface area contributed by atoms with Crippen LogP contribution in [-0.2, 0) is 0 Å². The van der Waals surface area contributed by atoms with E-state index in [-0.39, 0.29) is 11.5 Å². The van der Waals surface area contributed by atoms with Crippen LogP contribution < -0.4 is 10.9 Å². The minimum atomic E-state index is -0.154. The van der Waals surface area contributed by atoms with Crippen LogP contribution in [-0.4, -0.2) is 33.8 Å². The molecule has 1 aliphatic rings. The fraction of sp³-hybridized carbons (Fsp3) is 0.259. The molecule has 0 bridgehead atoms. The highest BCUT2D eigenvalue weighted by Crippen LogP contribution is 2.31. The maximum absolute atomic E-state index is 12.8. The number of carbonyl (C=O) groups is 1. The number of anilines is 1. The molecule has 172 valence electrons. The van der Waals surface area contributed by atoms with Crippen molar-refractivity contribution in [1.82, 2.24) is 14.8 Å². The first-order chi connectivity index (χ1) is 16.0. The number of hydrogen-bond donors (Lipinski definition) is 2. The fourth-order valence-electron chi connectivity index (χ4n) is 3.78. The monoisotopic (exact) mass is 444 g/mol. The summed E-state index contributed by atoms with van der Waals surface area (Å²) in [4.78, 5) is 31.1. The van der Waals surface area contributed by atoms with E-state index in [0.29, 0.717) is 5.56 Å². The highest BCUT2D eigenvalue weighted by atomic mass is 16.2. The van der Waals surface area contributed by atoms with E-state index < -0.39 is 0 Å². The summed E-state index contributed by atoms with van der Waals surface area (Å²) < 4.78 is 0. The lowest BCUT2D eigenvalue weighted by Crippen LogP contribution is -2.32. The van der Waals surface area contributed by atoms with Crippen LogP contribution in [0.4, 0.5) is 5.69 Å². The van der Waals surface area contributed by atoms with Crippen molar-refractivity contribution in [2.45, 2.75) is 33.6 Å².